The zero-order valence-corrected chi connectivity index (χ0v) is 16.3. The first-order valence-corrected chi connectivity index (χ1v) is 9.65. The molecule has 0 N–H and O–H groups in total. The Kier molecular flexibility index (Phi) is 4.83. The monoisotopic (exact) mass is 390 g/mol. The van der Waals surface area contributed by atoms with Gasteiger partial charge in [0.05, 0.1) is 10.6 Å². The SMILES string of the molecule is CC(=O)C1=C(c2ccccc2)N(C(C)=O)n2c(Cc3ccccc3)nnc2S1. The van der Waals surface area contributed by atoms with Crippen LogP contribution in [0.15, 0.2) is 70.7 Å². The number of benzene rings is 2. The minimum Gasteiger partial charge on any atom is -0.294 e. The number of aromatic nitrogens is 3. The van der Waals surface area contributed by atoms with Crippen molar-refractivity contribution in [3.8, 4) is 0 Å². The van der Waals surface area contributed by atoms with E-state index in [1.807, 2.05) is 60.7 Å². The highest BCUT2D eigenvalue weighted by Crippen LogP contribution is 2.39. The summed E-state index contributed by atoms with van der Waals surface area (Å²) in [5, 5.41) is 10.6. The zero-order valence-electron chi connectivity index (χ0n) is 15.5. The lowest BCUT2D eigenvalue weighted by molar-refractivity contribution is -0.117. The van der Waals surface area contributed by atoms with Crippen molar-refractivity contribution < 1.29 is 9.59 Å². The zero-order chi connectivity index (χ0) is 19.7. The number of hydrogen-bond acceptors (Lipinski definition) is 5. The third-order valence-corrected chi connectivity index (χ3v) is 5.49. The first-order valence-electron chi connectivity index (χ1n) is 8.84. The van der Waals surface area contributed by atoms with Gasteiger partial charge in [-0.2, -0.15) is 0 Å². The van der Waals surface area contributed by atoms with Gasteiger partial charge in [-0.1, -0.05) is 60.7 Å². The van der Waals surface area contributed by atoms with Gasteiger partial charge in [-0.15, -0.1) is 10.2 Å². The van der Waals surface area contributed by atoms with Crippen molar-refractivity contribution in [2.24, 2.45) is 0 Å². The number of fused-ring (bicyclic) bond motifs is 1. The topological polar surface area (TPSA) is 68.1 Å². The van der Waals surface area contributed by atoms with E-state index in [1.54, 1.807) is 4.68 Å². The molecule has 0 atom stereocenters. The van der Waals surface area contributed by atoms with E-state index in [0.717, 1.165) is 11.1 Å². The second-order valence-corrected chi connectivity index (χ2v) is 7.38. The molecule has 28 heavy (non-hydrogen) atoms. The third kappa shape index (κ3) is 3.25. The van der Waals surface area contributed by atoms with E-state index in [-0.39, 0.29) is 11.7 Å². The summed E-state index contributed by atoms with van der Waals surface area (Å²) in [6, 6.07) is 19.3. The van der Waals surface area contributed by atoms with Gasteiger partial charge in [0.1, 0.15) is 0 Å². The fourth-order valence-electron chi connectivity index (χ4n) is 3.17. The molecule has 0 fully saturated rings. The second-order valence-electron chi connectivity index (χ2n) is 6.41. The molecule has 0 spiro atoms. The van der Waals surface area contributed by atoms with Gasteiger partial charge in [-0.05, 0) is 24.2 Å². The van der Waals surface area contributed by atoms with Crippen LogP contribution >= 0.6 is 11.8 Å². The van der Waals surface area contributed by atoms with E-state index < -0.39 is 0 Å². The molecule has 0 aliphatic carbocycles. The Labute approximate surface area is 166 Å². The number of ketones is 1. The van der Waals surface area contributed by atoms with E-state index in [9.17, 15) is 9.59 Å². The van der Waals surface area contributed by atoms with Crippen molar-refractivity contribution in [2.75, 3.05) is 5.01 Å². The van der Waals surface area contributed by atoms with Crippen molar-refractivity contribution >= 4 is 29.1 Å². The molecule has 1 aliphatic heterocycles. The smallest absolute Gasteiger partial charge is 0.243 e. The van der Waals surface area contributed by atoms with Gasteiger partial charge in [0.15, 0.2) is 11.6 Å². The van der Waals surface area contributed by atoms with E-state index in [1.165, 1.54) is 30.6 Å². The van der Waals surface area contributed by atoms with Crippen LogP contribution in [-0.2, 0) is 16.0 Å². The summed E-state index contributed by atoms with van der Waals surface area (Å²) < 4.78 is 1.72. The van der Waals surface area contributed by atoms with Crippen LogP contribution < -0.4 is 5.01 Å². The third-order valence-electron chi connectivity index (χ3n) is 4.37. The van der Waals surface area contributed by atoms with Crippen molar-refractivity contribution in [1.82, 2.24) is 14.9 Å². The Bertz CT molecular complexity index is 1070. The molecule has 1 amide bonds. The molecule has 1 aliphatic rings. The van der Waals surface area contributed by atoms with Crippen LogP contribution in [0, 0.1) is 0 Å². The van der Waals surface area contributed by atoms with Crippen LogP contribution in [0.4, 0.5) is 0 Å². The van der Waals surface area contributed by atoms with Crippen molar-refractivity contribution in [3.63, 3.8) is 0 Å². The molecule has 140 valence electrons. The molecule has 2 aromatic carbocycles. The quantitative estimate of drug-likeness (QED) is 0.683. The molecule has 0 bridgehead atoms. The number of rotatable bonds is 4. The maximum absolute atomic E-state index is 12.7. The Hall–Kier alpha value is -3.19. The van der Waals surface area contributed by atoms with Gasteiger partial charge in [0.25, 0.3) is 0 Å². The number of nitrogens with zero attached hydrogens (tertiary/aromatic N) is 4. The molecule has 0 saturated carbocycles. The number of allylic oxidation sites excluding steroid dienone is 1. The van der Waals surface area contributed by atoms with Crippen molar-refractivity contribution in [2.45, 2.75) is 25.4 Å². The Balaban J connectivity index is 1.88. The first-order chi connectivity index (χ1) is 13.6. The maximum Gasteiger partial charge on any atom is 0.243 e. The highest BCUT2D eigenvalue weighted by atomic mass is 32.2. The first kappa shape index (κ1) is 18.2. The van der Waals surface area contributed by atoms with Crippen LogP contribution in [0.3, 0.4) is 0 Å². The fraction of sp³-hybridized carbons (Fsp3) is 0.143. The lowest BCUT2D eigenvalue weighted by atomic mass is 10.1. The largest absolute Gasteiger partial charge is 0.294 e. The van der Waals surface area contributed by atoms with Crippen molar-refractivity contribution in [3.05, 3.63) is 82.5 Å². The molecule has 1 aromatic heterocycles. The predicted molar refractivity (Wildman–Crippen MR) is 108 cm³/mol. The molecule has 3 aromatic rings. The number of amides is 1. The standard InChI is InChI=1S/C21H18N4O2S/c1-14(26)20-19(17-11-7-4-8-12-17)24(15(2)27)25-18(22-23-21(25)28-20)13-16-9-5-3-6-10-16/h3-12H,13H2,1-2H3. The van der Waals surface area contributed by atoms with Gasteiger partial charge in [0, 0.05) is 18.9 Å². The van der Waals surface area contributed by atoms with Crippen LogP contribution in [0.5, 0.6) is 0 Å². The van der Waals surface area contributed by atoms with Crippen LogP contribution in [0.2, 0.25) is 0 Å². The summed E-state index contributed by atoms with van der Waals surface area (Å²) in [7, 11) is 0. The van der Waals surface area contributed by atoms with Gasteiger partial charge in [0.2, 0.25) is 11.1 Å². The minimum atomic E-state index is -0.215. The number of Topliss-reactive ketones (excluding diaryl/α,β-unsaturated/α-hetero) is 1. The Morgan fingerprint density at radius 1 is 0.929 bits per heavy atom. The lowest BCUT2D eigenvalue weighted by Gasteiger charge is -2.32. The molecular formula is C21H18N4O2S. The summed E-state index contributed by atoms with van der Waals surface area (Å²) in [6.45, 7) is 2.98. The Morgan fingerprint density at radius 2 is 1.57 bits per heavy atom. The van der Waals surface area contributed by atoms with Gasteiger partial charge in [-0.3, -0.25) is 9.59 Å². The molecule has 4 rings (SSSR count). The normalized spacial score (nSPS) is 13.4. The summed E-state index contributed by atoms with van der Waals surface area (Å²) in [4.78, 5) is 25.6. The van der Waals surface area contributed by atoms with E-state index in [2.05, 4.69) is 10.2 Å². The van der Waals surface area contributed by atoms with Gasteiger partial charge in [-0.25, -0.2) is 9.69 Å². The predicted octanol–water partition coefficient (Wildman–Crippen LogP) is 3.42. The fourth-order valence-corrected chi connectivity index (χ4v) is 4.15. The van der Waals surface area contributed by atoms with Crippen molar-refractivity contribution in [1.29, 1.82) is 0 Å². The molecule has 7 heteroatoms. The lowest BCUT2D eigenvalue weighted by Crippen LogP contribution is -2.41. The molecule has 6 nitrogen and oxygen atoms in total. The highest BCUT2D eigenvalue weighted by Gasteiger charge is 2.34. The number of thioether (sulfide) groups is 1. The van der Waals surface area contributed by atoms with Gasteiger partial charge < -0.3 is 0 Å². The van der Waals surface area contributed by atoms with E-state index in [0.29, 0.717) is 28.0 Å². The number of carbonyl (C=O) groups excluding carboxylic acids is 2. The second kappa shape index (κ2) is 7.44. The number of hydrogen-bond donors (Lipinski definition) is 0. The van der Waals surface area contributed by atoms with Crippen LogP contribution in [0.1, 0.15) is 30.8 Å². The summed E-state index contributed by atoms with van der Waals surface area (Å²) in [5.41, 5.74) is 2.42. The summed E-state index contributed by atoms with van der Waals surface area (Å²) in [5.74, 6) is 0.308. The average molecular weight is 390 g/mol. The number of carbonyl (C=O) groups is 2. The van der Waals surface area contributed by atoms with Crippen LogP contribution in [-0.4, -0.2) is 26.6 Å². The minimum absolute atomic E-state index is 0.117. The van der Waals surface area contributed by atoms with Gasteiger partial charge >= 0.3 is 0 Å². The summed E-state index contributed by atoms with van der Waals surface area (Å²) >= 11 is 1.25. The van der Waals surface area contributed by atoms with Crippen LogP contribution in [0.25, 0.3) is 5.70 Å². The molecule has 0 saturated heterocycles. The summed E-state index contributed by atoms with van der Waals surface area (Å²) in [6.07, 6.45) is 0.523. The molecule has 2 heterocycles. The molecule has 0 unspecified atom stereocenters. The van der Waals surface area contributed by atoms with E-state index >= 15 is 0 Å². The maximum atomic E-state index is 12.7. The Morgan fingerprint density at radius 3 is 2.18 bits per heavy atom. The highest BCUT2D eigenvalue weighted by molar-refractivity contribution is 8.04. The van der Waals surface area contributed by atoms with E-state index in [4.69, 9.17) is 0 Å². The average Bonchev–Trinajstić information content (AvgIpc) is 3.10. The molecular weight excluding hydrogens is 372 g/mol. The molecule has 0 radical (unpaired) electrons.